The summed E-state index contributed by atoms with van der Waals surface area (Å²) < 4.78 is 5.71. The van der Waals surface area contributed by atoms with Crippen LogP contribution in [0, 0.1) is 5.41 Å². The van der Waals surface area contributed by atoms with Crippen molar-refractivity contribution in [2.24, 2.45) is 11.1 Å². The zero-order valence-electron chi connectivity index (χ0n) is 10.2. The molecule has 1 amide bonds. The molecule has 0 saturated carbocycles. The SMILES string of the molecule is CC(C)(CN)CC1Oc2ccccc2NC1=O. The van der Waals surface area contributed by atoms with Crippen molar-refractivity contribution in [3.63, 3.8) is 0 Å². The standard InChI is InChI=1S/C13H18N2O2/c1-13(2,8-14)7-11-12(16)15-9-5-3-4-6-10(9)17-11/h3-6,11H,7-8,14H2,1-2H3,(H,15,16). The summed E-state index contributed by atoms with van der Waals surface area (Å²) >= 11 is 0. The molecule has 2 rings (SSSR count). The molecule has 1 atom stereocenters. The van der Waals surface area contributed by atoms with E-state index in [0.29, 0.717) is 13.0 Å². The van der Waals surface area contributed by atoms with Crippen molar-refractivity contribution in [1.82, 2.24) is 0 Å². The van der Waals surface area contributed by atoms with Gasteiger partial charge in [0.15, 0.2) is 6.10 Å². The Morgan fingerprint density at radius 1 is 1.41 bits per heavy atom. The molecule has 4 heteroatoms. The number of ether oxygens (including phenoxy) is 1. The van der Waals surface area contributed by atoms with Crippen LogP contribution in [0.1, 0.15) is 20.3 Å². The molecular formula is C13H18N2O2. The number of hydrogen-bond donors (Lipinski definition) is 2. The lowest BCUT2D eigenvalue weighted by Crippen LogP contribution is -2.41. The van der Waals surface area contributed by atoms with Crippen LogP contribution in [0.4, 0.5) is 5.69 Å². The summed E-state index contributed by atoms with van der Waals surface area (Å²) in [6, 6.07) is 7.45. The number of fused-ring (bicyclic) bond motifs is 1. The quantitative estimate of drug-likeness (QED) is 0.837. The maximum absolute atomic E-state index is 11.9. The second-order valence-electron chi connectivity index (χ2n) is 5.16. The lowest BCUT2D eigenvalue weighted by atomic mass is 9.86. The molecule has 1 aliphatic heterocycles. The number of amides is 1. The lowest BCUT2D eigenvalue weighted by molar-refractivity contribution is -0.124. The Hall–Kier alpha value is -1.55. The van der Waals surface area contributed by atoms with E-state index >= 15 is 0 Å². The van der Waals surface area contributed by atoms with Gasteiger partial charge in [0, 0.05) is 0 Å². The molecule has 0 fully saturated rings. The summed E-state index contributed by atoms with van der Waals surface area (Å²) in [6.07, 6.45) is 0.160. The molecular weight excluding hydrogens is 216 g/mol. The Labute approximate surface area is 101 Å². The molecule has 0 radical (unpaired) electrons. The number of anilines is 1. The van der Waals surface area contributed by atoms with Gasteiger partial charge in [-0.15, -0.1) is 0 Å². The molecule has 0 aliphatic carbocycles. The Kier molecular flexibility index (Phi) is 3.07. The third-order valence-corrected chi connectivity index (χ3v) is 3.00. The predicted molar refractivity (Wildman–Crippen MR) is 66.9 cm³/mol. The van der Waals surface area contributed by atoms with E-state index < -0.39 is 6.10 Å². The highest BCUT2D eigenvalue weighted by Crippen LogP contribution is 2.32. The molecule has 1 heterocycles. The monoisotopic (exact) mass is 234 g/mol. The van der Waals surface area contributed by atoms with Crippen molar-refractivity contribution >= 4 is 11.6 Å². The number of carbonyl (C=O) groups excluding carboxylic acids is 1. The Morgan fingerprint density at radius 3 is 2.82 bits per heavy atom. The van der Waals surface area contributed by atoms with Crippen molar-refractivity contribution in [2.75, 3.05) is 11.9 Å². The summed E-state index contributed by atoms with van der Waals surface area (Å²) in [5.41, 5.74) is 6.31. The van der Waals surface area contributed by atoms with Crippen LogP contribution in [0.15, 0.2) is 24.3 Å². The minimum absolute atomic E-state index is 0.0924. The van der Waals surface area contributed by atoms with Gasteiger partial charge in [-0.05, 0) is 30.5 Å². The average Bonchev–Trinajstić information content (AvgIpc) is 2.30. The first-order chi connectivity index (χ1) is 8.02. The molecule has 1 unspecified atom stereocenters. The largest absolute Gasteiger partial charge is 0.478 e. The maximum atomic E-state index is 11.9. The van der Waals surface area contributed by atoms with Gasteiger partial charge in [0.2, 0.25) is 0 Å². The zero-order chi connectivity index (χ0) is 12.5. The molecule has 0 saturated heterocycles. The van der Waals surface area contributed by atoms with Crippen molar-refractivity contribution < 1.29 is 9.53 Å². The van der Waals surface area contributed by atoms with Gasteiger partial charge in [-0.2, -0.15) is 0 Å². The minimum atomic E-state index is -0.455. The molecule has 4 nitrogen and oxygen atoms in total. The fourth-order valence-corrected chi connectivity index (χ4v) is 1.81. The van der Waals surface area contributed by atoms with E-state index in [0.717, 1.165) is 11.4 Å². The number of hydrogen-bond acceptors (Lipinski definition) is 3. The highest BCUT2D eigenvalue weighted by atomic mass is 16.5. The molecule has 17 heavy (non-hydrogen) atoms. The van der Waals surface area contributed by atoms with E-state index in [1.165, 1.54) is 0 Å². The molecule has 1 aromatic rings. The zero-order valence-corrected chi connectivity index (χ0v) is 10.2. The highest BCUT2D eigenvalue weighted by molar-refractivity contribution is 5.97. The van der Waals surface area contributed by atoms with E-state index in [1.54, 1.807) is 0 Å². The van der Waals surface area contributed by atoms with Crippen molar-refractivity contribution in [3.8, 4) is 5.75 Å². The summed E-state index contributed by atoms with van der Waals surface area (Å²) in [5.74, 6) is 0.634. The molecule has 3 N–H and O–H groups in total. The number of rotatable bonds is 3. The van der Waals surface area contributed by atoms with Crippen molar-refractivity contribution in [1.29, 1.82) is 0 Å². The normalized spacial score (nSPS) is 19.2. The molecule has 1 aliphatic rings. The topological polar surface area (TPSA) is 64.3 Å². The van der Waals surface area contributed by atoms with E-state index in [9.17, 15) is 4.79 Å². The van der Waals surface area contributed by atoms with E-state index in [1.807, 2.05) is 38.1 Å². The van der Waals surface area contributed by atoms with Gasteiger partial charge in [-0.25, -0.2) is 0 Å². The van der Waals surface area contributed by atoms with Crippen LogP contribution in [0.3, 0.4) is 0 Å². The minimum Gasteiger partial charge on any atom is -0.478 e. The highest BCUT2D eigenvalue weighted by Gasteiger charge is 2.32. The lowest BCUT2D eigenvalue weighted by Gasteiger charge is -2.31. The van der Waals surface area contributed by atoms with E-state index in [2.05, 4.69) is 5.32 Å². The molecule has 1 aromatic carbocycles. The van der Waals surface area contributed by atoms with Gasteiger partial charge in [0.05, 0.1) is 5.69 Å². The van der Waals surface area contributed by atoms with Crippen LogP contribution >= 0.6 is 0 Å². The first-order valence-corrected chi connectivity index (χ1v) is 5.78. The summed E-state index contributed by atoms with van der Waals surface area (Å²) in [4.78, 5) is 11.9. The van der Waals surface area contributed by atoms with Crippen molar-refractivity contribution in [3.05, 3.63) is 24.3 Å². The number of carbonyl (C=O) groups is 1. The molecule has 92 valence electrons. The van der Waals surface area contributed by atoms with Gasteiger partial charge >= 0.3 is 0 Å². The fourth-order valence-electron chi connectivity index (χ4n) is 1.81. The van der Waals surface area contributed by atoms with Crippen LogP contribution in [-0.2, 0) is 4.79 Å². The van der Waals surface area contributed by atoms with Gasteiger partial charge in [-0.1, -0.05) is 26.0 Å². The van der Waals surface area contributed by atoms with Gasteiger partial charge in [0.1, 0.15) is 5.75 Å². The molecule has 0 bridgehead atoms. The Bertz CT molecular complexity index is 429. The van der Waals surface area contributed by atoms with Crippen LogP contribution in [0.5, 0.6) is 5.75 Å². The predicted octanol–water partition coefficient (Wildman–Crippen LogP) is 1.76. The second-order valence-corrected chi connectivity index (χ2v) is 5.16. The van der Waals surface area contributed by atoms with Gasteiger partial charge in [-0.3, -0.25) is 4.79 Å². The van der Waals surface area contributed by atoms with Gasteiger partial charge < -0.3 is 15.8 Å². The summed E-state index contributed by atoms with van der Waals surface area (Å²) in [6.45, 7) is 4.59. The first-order valence-electron chi connectivity index (χ1n) is 5.78. The Morgan fingerprint density at radius 2 is 2.12 bits per heavy atom. The average molecular weight is 234 g/mol. The number of para-hydroxylation sites is 2. The van der Waals surface area contributed by atoms with E-state index in [-0.39, 0.29) is 11.3 Å². The fraction of sp³-hybridized carbons (Fsp3) is 0.462. The van der Waals surface area contributed by atoms with Crippen LogP contribution in [0.2, 0.25) is 0 Å². The third kappa shape index (κ3) is 2.58. The molecule has 0 spiro atoms. The first kappa shape index (κ1) is 11.9. The van der Waals surface area contributed by atoms with Crippen LogP contribution < -0.4 is 15.8 Å². The maximum Gasteiger partial charge on any atom is 0.265 e. The summed E-state index contributed by atoms with van der Waals surface area (Å²) in [7, 11) is 0. The summed E-state index contributed by atoms with van der Waals surface area (Å²) in [5, 5.41) is 2.85. The Balaban J connectivity index is 2.15. The van der Waals surface area contributed by atoms with Crippen LogP contribution in [-0.4, -0.2) is 18.6 Å². The van der Waals surface area contributed by atoms with Crippen LogP contribution in [0.25, 0.3) is 0 Å². The van der Waals surface area contributed by atoms with Gasteiger partial charge in [0.25, 0.3) is 5.91 Å². The number of nitrogens with one attached hydrogen (secondary N) is 1. The number of nitrogens with two attached hydrogens (primary N) is 1. The molecule has 0 aromatic heterocycles. The third-order valence-electron chi connectivity index (χ3n) is 3.00. The van der Waals surface area contributed by atoms with Crippen molar-refractivity contribution in [2.45, 2.75) is 26.4 Å². The smallest absolute Gasteiger partial charge is 0.265 e. The second kappa shape index (κ2) is 4.37. The number of benzene rings is 1. The van der Waals surface area contributed by atoms with E-state index in [4.69, 9.17) is 10.5 Å².